The summed E-state index contributed by atoms with van der Waals surface area (Å²) in [6.45, 7) is 3.87. The third-order valence-electron chi connectivity index (χ3n) is 3.43. The molecule has 0 radical (unpaired) electrons. The quantitative estimate of drug-likeness (QED) is 0.863. The Kier molecular flexibility index (Phi) is 4.96. The minimum absolute atomic E-state index is 0.0570. The van der Waals surface area contributed by atoms with E-state index in [4.69, 9.17) is 0 Å². The smallest absolute Gasteiger partial charge is 0.240 e. The van der Waals surface area contributed by atoms with Crippen LogP contribution in [0.25, 0.3) is 0 Å². The summed E-state index contributed by atoms with van der Waals surface area (Å²) in [5.74, 6) is 0. The second kappa shape index (κ2) is 6.50. The lowest BCUT2D eigenvalue weighted by molar-refractivity contribution is 0.427. The van der Waals surface area contributed by atoms with Crippen LogP contribution in [0.1, 0.15) is 31.7 Å². The van der Waals surface area contributed by atoms with Crippen molar-refractivity contribution in [3.8, 4) is 0 Å². The number of hydrogen-bond acceptors (Lipinski definition) is 3. The summed E-state index contributed by atoms with van der Waals surface area (Å²) in [4.78, 5) is 0.367. The van der Waals surface area contributed by atoms with E-state index in [1.807, 2.05) is 12.1 Å². The number of rotatable bonds is 5. The summed E-state index contributed by atoms with van der Waals surface area (Å²) in [7, 11) is -3.37. The third kappa shape index (κ3) is 4.03. The van der Waals surface area contributed by atoms with E-state index < -0.39 is 10.0 Å². The van der Waals surface area contributed by atoms with Gasteiger partial charge in [0.2, 0.25) is 10.0 Å². The van der Waals surface area contributed by atoms with Crippen LogP contribution in [-0.2, 0) is 16.4 Å². The van der Waals surface area contributed by atoms with Crippen LogP contribution < -0.4 is 10.0 Å². The van der Waals surface area contributed by atoms with Crippen molar-refractivity contribution in [2.24, 2.45) is 0 Å². The maximum absolute atomic E-state index is 12.2. The molecule has 0 aliphatic carbocycles. The molecular weight excluding hydrogens is 260 g/mol. The molecule has 0 aromatic heterocycles. The Balaban J connectivity index is 2.05. The summed E-state index contributed by atoms with van der Waals surface area (Å²) in [6, 6.07) is 7.27. The second-order valence-corrected chi connectivity index (χ2v) is 6.75. The third-order valence-corrected chi connectivity index (χ3v) is 4.97. The van der Waals surface area contributed by atoms with Gasteiger partial charge >= 0.3 is 0 Å². The molecule has 1 heterocycles. The normalized spacial score (nSPS) is 17.5. The van der Waals surface area contributed by atoms with Crippen molar-refractivity contribution in [2.45, 2.75) is 43.5 Å². The molecule has 0 saturated carbocycles. The van der Waals surface area contributed by atoms with Gasteiger partial charge in [-0.1, -0.05) is 25.5 Å². The van der Waals surface area contributed by atoms with E-state index in [0.717, 1.165) is 38.8 Å². The van der Waals surface area contributed by atoms with Crippen LogP contribution in [0.3, 0.4) is 0 Å². The fourth-order valence-electron chi connectivity index (χ4n) is 2.35. The van der Waals surface area contributed by atoms with Gasteiger partial charge in [-0.25, -0.2) is 13.1 Å². The Morgan fingerprint density at radius 1 is 1.21 bits per heavy atom. The molecule has 1 saturated heterocycles. The van der Waals surface area contributed by atoms with Gasteiger partial charge in [0, 0.05) is 6.04 Å². The average molecular weight is 282 g/mol. The largest absolute Gasteiger partial charge is 0.317 e. The van der Waals surface area contributed by atoms with Gasteiger partial charge in [-0.05, 0) is 50.0 Å². The maximum Gasteiger partial charge on any atom is 0.240 e. The predicted molar refractivity (Wildman–Crippen MR) is 76.7 cm³/mol. The van der Waals surface area contributed by atoms with E-state index in [9.17, 15) is 8.42 Å². The fraction of sp³-hybridized carbons (Fsp3) is 0.571. The van der Waals surface area contributed by atoms with Crippen molar-refractivity contribution in [2.75, 3.05) is 13.1 Å². The van der Waals surface area contributed by atoms with Gasteiger partial charge < -0.3 is 5.32 Å². The minimum Gasteiger partial charge on any atom is -0.317 e. The van der Waals surface area contributed by atoms with Gasteiger partial charge in [0.1, 0.15) is 0 Å². The average Bonchev–Trinajstić information content (AvgIpc) is 2.40. The van der Waals surface area contributed by atoms with Gasteiger partial charge in [-0.2, -0.15) is 0 Å². The summed E-state index contributed by atoms with van der Waals surface area (Å²) in [5.41, 5.74) is 1.18. The Labute approximate surface area is 115 Å². The van der Waals surface area contributed by atoms with Crippen LogP contribution in [0, 0.1) is 0 Å². The number of hydrogen-bond donors (Lipinski definition) is 2. The molecule has 1 aromatic rings. The SMILES string of the molecule is CCCc1ccc(S(=O)(=O)NC2CCNCC2)cc1. The molecule has 0 unspecified atom stereocenters. The number of piperidine rings is 1. The molecule has 0 bridgehead atoms. The van der Waals surface area contributed by atoms with Crippen LogP contribution >= 0.6 is 0 Å². The first-order chi connectivity index (χ1) is 9.12. The zero-order valence-electron chi connectivity index (χ0n) is 11.4. The first kappa shape index (κ1) is 14.5. The first-order valence-corrected chi connectivity index (χ1v) is 8.42. The van der Waals surface area contributed by atoms with Crippen molar-refractivity contribution < 1.29 is 8.42 Å². The van der Waals surface area contributed by atoms with Crippen molar-refractivity contribution in [1.82, 2.24) is 10.0 Å². The number of sulfonamides is 1. The molecule has 1 aliphatic rings. The van der Waals surface area contributed by atoms with Gasteiger partial charge in [-0.3, -0.25) is 0 Å². The van der Waals surface area contributed by atoms with E-state index in [0.29, 0.717) is 4.90 Å². The van der Waals surface area contributed by atoms with E-state index in [2.05, 4.69) is 17.0 Å². The van der Waals surface area contributed by atoms with Crippen LogP contribution in [-0.4, -0.2) is 27.5 Å². The molecular formula is C14H22N2O2S. The Morgan fingerprint density at radius 2 is 1.84 bits per heavy atom. The molecule has 19 heavy (non-hydrogen) atoms. The molecule has 0 spiro atoms. The van der Waals surface area contributed by atoms with E-state index >= 15 is 0 Å². The second-order valence-electron chi connectivity index (χ2n) is 5.04. The highest BCUT2D eigenvalue weighted by molar-refractivity contribution is 7.89. The van der Waals surface area contributed by atoms with Crippen molar-refractivity contribution in [1.29, 1.82) is 0 Å². The summed E-state index contributed by atoms with van der Waals surface area (Å²) < 4.78 is 27.3. The van der Waals surface area contributed by atoms with Crippen molar-refractivity contribution in [3.05, 3.63) is 29.8 Å². The monoisotopic (exact) mass is 282 g/mol. The molecule has 1 fully saturated rings. The van der Waals surface area contributed by atoms with Gasteiger partial charge in [0.25, 0.3) is 0 Å². The molecule has 2 rings (SSSR count). The number of aryl methyl sites for hydroxylation is 1. The van der Waals surface area contributed by atoms with Gasteiger partial charge in [0.15, 0.2) is 0 Å². The van der Waals surface area contributed by atoms with Gasteiger partial charge in [0.05, 0.1) is 4.90 Å². The lowest BCUT2D eigenvalue weighted by atomic mass is 10.1. The zero-order chi connectivity index (χ0) is 13.7. The lowest BCUT2D eigenvalue weighted by Gasteiger charge is -2.23. The van der Waals surface area contributed by atoms with Gasteiger partial charge in [-0.15, -0.1) is 0 Å². The van der Waals surface area contributed by atoms with Crippen LogP contribution in [0.5, 0.6) is 0 Å². The Bertz CT molecular complexity index is 491. The lowest BCUT2D eigenvalue weighted by Crippen LogP contribution is -2.42. The van der Waals surface area contributed by atoms with Crippen molar-refractivity contribution >= 4 is 10.0 Å². The molecule has 0 atom stereocenters. The highest BCUT2D eigenvalue weighted by Crippen LogP contribution is 2.14. The predicted octanol–water partition coefficient (Wildman–Crippen LogP) is 1.67. The minimum atomic E-state index is -3.37. The Morgan fingerprint density at radius 3 is 2.42 bits per heavy atom. The first-order valence-electron chi connectivity index (χ1n) is 6.94. The highest BCUT2D eigenvalue weighted by Gasteiger charge is 2.21. The van der Waals surface area contributed by atoms with E-state index in [1.54, 1.807) is 12.1 Å². The molecule has 1 aromatic carbocycles. The van der Waals surface area contributed by atoms with Crippen LogP contribution in [0.4, 0.5) is 0 Å². The number of nitrogens with one attached hydrogen (secondary N) is 2. The standard InChI is InChI=1S/C14H22N2O2S/c1-2-3-12-4-6-14(7-5-12)19(17,18)16-13-8-10-15-11-9-13/h4-7,13,15-16H,2-3,8-11H2,1H3. The van der Waals surface area contributed by atoms with Crippen LogP contribution in [0.2, 0.25) is 0 Å². The topological polar surface area (TPSA) is 58.2 Å². The molecule has 4 nitrogen and oxygen atoms in total. The summed E-state index contributed by atoms with van der Waals surface area (Å²) in [5, 5.41) is 3.23. The molecule has 0 amide bonds. The maximum atomic E-state index is 12.2. The highest BCUT2D eigenvalue weighted by atomic mass is 32.2. The molecule has 106 valence electrons. The van der Waals surface area contributed by atoms with Crippen molar-refractivity contribution in [3.63, 3.8) is 0 Å². The van der Waals surface area contributed by atoms with E-state index in [1.165, 1.54) is 5.56 Å². The summed E-state index contributed by atoms with van der Waals surface area (Å²) in [6.07, 6.45) is 3.77. The molecule has 1 aliphatic heterocycles. The fourth-order valence-corrected chi connectivity index (χ4v) is 3.66. The van der Waals surface area contributed by atoms with Crippen LogP contribution in [0.15, 0.2) is 29.2 Å². The van der Waals surface area contributed by atoms with E-state index in [-0.39, 0.29) is 6.04 Å². The Hall–Kier alpha value is -0.910. The zero-order valence-corrected chi connectivity index (χ0v) is 12.2. The molecule has 2 N–H and O–H groups in total. The molecule has 5 heteroatoms. The summed E-state index contributed by atoms with van der Waals surface area (Å²) >= 11 is 0. The number of benzene rings is 1.